The fraction of sp³-hybridized carbons (Fsp3) is 0.500. The van der Waals surface area contributed by atoms with Crippen LogP contribution in [0.2, 0.25) is 0 Å². The molecule has 3 unspecified atom stereocenters. The molecule has 176 valence electrons. The van der Waals surface area contributed by atoms with E-state index in [2.05, 4.69) is 0 Å². The summed E-state index contributed by atoms with van der Waals surface area (Å²) in [4.78, 5) is 13.0. The highest BCUT2D eigenvalue weighted by molar-refractivity contribution is 7.86. The molecule has 2 rings (SSSR count). The van der Waals surface area contributed by atoms with Crippen molar-refractivity contribution in [2.24, 2.45) is 16.7 Å². The average molecular weight is 461 g/mol. The maximum absolute atomic E-state index is 13.1. The Morgan fingerprint density at radius 1 is 0.812 bits per heavy atom. The fourth-order valence-electron chi connectivity index (χ4n) is 3.89. The maximum Gasteiger partial charge on any atom is 0.338 e. The third-order valence-electron chi connectivity index (χ3n) is 5.46. The first-order valence-electron chi connectivity index (χ1n) is 11.0. The molecule has 3 atom stereocenters. The summed E-state index contributed by atoms with van der Waals surface area (Å²) in [5, 5.41) is 0. The largest absolute Gasteiger partial charge is 0.458 e. The Hall–Kier alpha value is -2.18. The van der Waals surface area contributed by atoms with Gasteiger partial charge >= 0.3 is 5.97 Å². The highest BCUT2D eigenvalue weighted by Crippen LogP contribution is 2.40. The zero-order valence-corrected chi connectivity index (χ0v) is 21.0. The van der Waals surface area contributed by atoms with Gasteiger partial charge in [0.1, 0.15) is 6.10 Å². The van der Waals surface area contributed by atoms with Crippen molar-refractivity contribution in [2.75, 3.05) is 0 Å². The third-order valence-corrected chi connectivity index (χ3v) is 6.77. The first-order valence-corrected chi connectivity index (χ1v) is 12.4. The van der Waals surface area contributed by atoms with Crippen molar-refractivity contribution in [3.63, 3.8) is 0 Å². The molecule has 0 saturated carbocycles. The Kier molecular flexibility index (Phi) is 8.29. The van der Waals surface area contributed by atoms with Crippen LogP contribution in [0.15, 0.2) is 65.6 Å². The third kappa shape index (κ3) is 6.66. The number of benzene rings is 2. The van der Waals surface area contributed by atoms with Crippen LogP contribution in [0.25, 0.3) is 0 Å². The highest BCUT2D eigenvalue weighted by Gasteiger charge is 2.45. The Morgan fingerprint density at radius 2 is 1.28 bits per heavy atom. The first kappa shape index (κ1) is 26.1. The molecular weight excluding hydrogens is 424 g/mol. The SMILES string of the molecule is CCC(C(OC(=O)c1ccccc1)C(C)(C)C)C(OS(=O)(=O)c1ccccc1)C(C)(C)C. The minimum Gasteiger partial charge on any atom is -0.458 e. The van der Waals surface area contributed by atoms with Crippen LogP contribution in [0, 0.1) is 16.7 Å². The van der Waals surface area contributed by atoms with Crippen molar-refractivity contribution in [3.8, 4) is 0 Å². The van der Waals surface area contributed by atoms with Crippen molar-refractivity contribution in [1.29, 1.82) is 0 Å². The summed E-state index contributed by atoms with van der Waals surface area (Å²) in [6.45, 7) is 13.8. The standard InChI is InChI=1S/C26H36O5S/c1-8-21(22(25(2,3)4)30-24(27)19-15-11-9-12-16-19)23(26(5,6)7)31-32(28,29)20-17-13-10-14-18-20/h9-18,21-23H,8H2,1-7H3. The summed E-state index contributed by atoms with van der Waals surface area (Å²) in [5.41, 5.74) is -0.499. The summed E-state index contributed by atoms with van der Waals surface area (Å²) in [5.74, 6) is -0.774. The van der Waals surface area contributed by atoms with Gasteiger partial charge in [-0.1, -0.05) is 84.9 Å². The molecule has 0 saturated heterocycles. The summed E-state index contributed by atoms with van der Waals surface area (Å²) < 4.78 is 38.1. The summed E-state index contributed by atoms with van der Waals surface area (Å²) in [6, 6.07) is 17.0. The molecule has 0 radical (unpaired) electrons. The van der Waals surface area contributed by atoms with E-state index in [1.54, 1.807) is 42.5 Å². The number of ether oxygens (including phenoxy) is 1. The molecule has 0 N–H and O–H groups in total. The number of carbonyl (C=O) groups is 1. The normalized spacial score (nSPS) is 15.6. The average Bonchev–Trinajstić information content (AvgIpc) is 2.72. The zero-order chi connectivity index (χ0) is 24.2. The lowest BCUT2D eigenvalue weighted by Crippen LogP contribution is -2.49. The second-order valence-electron chi connectivity index (χ2n) is 10.3. The molecule has 2 aromatic rings. The lowest BCUT2D eigenvalue weighted by atomic mass is 9.71. The Balaban J connectivity index is 2.44. The van der Waals surface area contributed by atoms with Gasteiger partial charge < -0.3 is 4.74 Å². The van der Waals surface area contributed by atoms with Gasteiger partial charge in [0.25, 0.3) is 10.1 Å². The predicted molar refractivity (Wildman–Crippen MR) is 127 cm³/mol. The minimum absolute atomic E-state index is 0.109. The molecule has 0 amide bonds. The Labute approximate surface area is 193 Å². The molecule has 32 heavy (non-hydrogen) atoms. The summed E-state index contributed by atoms with van der Waals surface area (Å²) in [7, 11) is -4.00. The van der Waals surface area contributed by atoms with E-state index in [0.717, 1.165) is 0 Å². The quantitative estimate of drug-likeness (QED) is 0.351. The van der Waals surface area contributed by atoms with Gasteiger partial charge in [-0.15, -0.1) is 0 Å². The number of hydrogen-bond donors (Lipinski definition) is 0. The molecule has 0 fully saturated rings. The fourth-order valence-corrected chi connectivity index (χ4v) is 5.19. The zero-order valence-electron chi connectivity index (χ0n) is 20.2. The molecule has 2 aromatic carbocycles. The van der Waals surface area contributed by atoms with E-state index in [-0.39, 0.29) is 10.8 Å². The van der Waals surface area contributed by atoms with Crippen LogP contribution in [-0.4, -0.2) is 26.6 Å². The number of esters is 1. The van der Waals surface area contributed by atoms with Gasteiger partial charge in [-0.3, -0.25) is 4.18 Å². The van der Waals surface area contributed by atoms with Gasteiger partial charge in [0, 0.05) is 5.92 Å². The van der Waals surface area contributed by atoms with Crippen LogP contribution in [0.5, 0.6) is 0 Å². The van der Waals surface area contributed by atoms with E-state index < -0.39 is 39.1 Å². The molecule has 0 aromatic heterocycles. The lowest BCUT2D eigenvalue weighted by Gasteiger charge is -2.43. The van der Waals surface area contributed by atoms with E-state index in [1.165, 1.54) is 12.1 Å². The number of hydrogen-bond acceptors (Lipinski definition) is 5. The van der Waals surface area contributed by atoms with Crippen molar-refractivity contribution >= 4 is 16.1 Å². The van der Waals surface area contributed by atoms with Crippen LogP contribution < -0.4 is 0 Å². The monoisotopic (exact) mass is 460 g/mol. The van der Waals surface area contributed by atoms with Gasteiger partial charge in [-0.2, -0.15) is 8.42 Å². The molecule has 0 bridgehead atoms. The molecule has 0 heterocycles. The van der Waals surface area contributed by atoms with Gasteiger partial charge in [0.05, 0.1) is 16.6 Å². The molecule has 5 nitrogen and oxygen atoms in total. The van der Waals surface area contributed by atoms with Crippen molar-refractivity contribution < 1.29 is 22.1 Å². The molecule has 0 aliphatic rings. The van der Waals surface area contributed by atoms with Crippen LogP contribution in [-0.2, 0) is 19.0 Å². The van der Waals surface area contributed by atoms with E-state index in [9.17, 15) is 13.2 Å². The molecule has 6 heteroatoms. The minimum atomic E-state index is -4.00. The topological polar surface area (TPSA) is 69.7 Å². The second-order valence-corrected chi connectivity index (χ2v) is 11.9. The molecular formula is C26H36O5S. The van der Waals surface area contributed by atoms with E-state index in [0.29, 0.717) is 12.0 Å². The summed E-state index contributed by atoms with van der Waals surface area (Å²) in [6.07, 6.45) is -0.683. The smallest absolute Gasteiger partial charge is 0.338 e. The highest BCUT2D eigenvalue weighted by atomic mass is 32.2. The second kappa shape index (κ2) is 10.2. The van der Waals surface area contributed by atoms with E-state index in [1.807, 2.05) is 54.5 Å². The molecule has 0 aliphatic heterocycles. The van der Waals surface area contributed by atoms with E-state index >= 15 is 0 Å². The first-order chi connectivity index (χ1) is 14.8. The molecule has 0 aliphatic carbocycles. The van der Waals surface area contributed by atoms with Crippen molar-refractivity contribution in [1.82, 2.24) is 0 Å². The van der Waals surface area contributed by atoms with Gasteiger partial charge in [0.2, 0.25) is 0 Å². The van der Waals surface area contributed by atoms with Crippen molar-refractivity contribution in [2.45, 2.75) is 72.0 Å². The van der Waals surface area contributed by atoms with Crippen LogP contribution >= 0.6 is 0 Å². The lowest BCUT2D eigenvalue weighted by molar-refractivity contribution is -0.0798. The van der Waals surface area contributed by atoms with Crippen LogP contribution in [0.3, 0.4) is 0 Å². The Bertz CT molecular complexity index is 970. The van der Waals surface area contributed by atoms with Gasteiger partial charge in [0.15, 0.2) is 0 Å². The van der Waals surface area contributed by atoms with Gasteiger partial charge in [-0.05, 0) is 41.5 Å². The molecule has 0 spiro atoms. The van der Waals surface area contributed by atoms with Crippen LogP contribution in [0.1, 0.15) is 65.2 Å². The van der Waals surface area contributed by atoms with Crippen molar-refractivity contribution in [3.05, 3.63) is 66.2 Å². The predicted octanol–water partition coefficient (Wildman–Crippen LogP) is 6.10. The number of carbonyl (C=O) groups excluding carboxylic acids is 1. The Morgan fingerprint density at radius 3 is 1.72 bits per heavy atom. The van der Waals surface area contributed by atoms with Crippen LogP contribution in [0.4, 0.5) is 0 Å². The summed E-state index contributed by atoms with van der Waals surface area (Å²) >= 11 is 0. The number of rotatable bonds is 8. The maximum atomic E-state index is 13.1. The van der Waals surface area contributed by atoms with Gasteiger partial charge in [-0.25, -0.2) is 4.79 Å². The van der Waals surface area contributed by atoms with E-state index in [4.69, 9.17) is 8.92 Å².